The third-order valence-corrected chi connectivity index (χ3v) is 2.18. The normalized spacial score (nSPS) is 11.9. The van der Waals surface area contributed by atoms with Crippen molar-refractivity contribution in [2.24, 2.45) is 0 Å². The molecule has 0 atom stereocenters. The monoisotopic (exact) mass is 266 g/mol. The average Bonchev–Trinajstić information content (AvgIpc) is 2.51. The molecule has 0 spiro atoms. The fraction of sp³-hybridized carbons (Fsp3) is 0.667. The molecule has 18 heavy (non-hydrogen) atoms. The third kappa shape index (κ3) is 3.11. The molecule has 6 nitrogen and oxygen atoms in total. The Balaban J connectivity index is 3.16. The molecule has 1 N–H and O–H groups in total. The molecule has 9 heteroatoms. The van der Waals surface area contributed by atoms with Gasteiger partial charge in [-0.05, 0) is 20.8 Å². The fourth-order valence-corrected chi connectivity index (χ4v) is 1.48. The van der Waals surface area contributed by atoms with Gasteiger partial charge in [-0.1, -0.05) is 0 Å². The van der Waals surface area contributed by atoms with Gasteiger partial charge in [0, 0.05) is 6.04 Å². The molecule has 0 aliphatic carbocycles. The minimum absolute atomic E-state index is 0.0818. The Hall–Kier alpha value is -1.80. The number of alkyl halides is 3. The van der Waals surface area contributed by atoms with E-state index in [4.69, 9.17) is 0 Å². The highest BCUT2D eigenvalue weighted by atomic mass is 19.4. The van der Waals surface area contributed by atoms with Crippen LogP contribution in [0.5, 0.6) is 0 Å². The van der Waals surface area contributed by atoms with Crippen molar-refractivity contribution in [2.45, 2.75) is 33.0 Å². The Kier molecular flexibility index (Phi) is 3.82. The predicted octanol–water partition coefficient (Wildman–Crippen LogP) is 2.65. The summed E-state index contributed by atoms with van der Waals surface area (Å²) < 4.78 is 37.6. The van der Waals surface area contributed by atoms with Crippen LogP contribution in [0.1, 0.15) is 25.6 Å². The van der Waals surface area contributed by atoms with Crippen LogP contribution in [0, 0.1) is 17.0 Å². The Bertz CT molecular complexity index is 453. The molecule has 0 fully saturated rings. The number of rotatable bonds is 4. The molecule has 1 aromatic heterocycles. The standard InChI is InChI=1S/C9H13F3N4O2/c1-5(2)15-8(13-4-9(10,11)12)7(16(17)18)6(3)14-15/h5,13H,4H2,1-3H3. The van der Waals surface area contributed by atoms with Crippen molar-refractivity contribution in [3.63, 3.8) is 0 Å². The van der Waals surface area contributed by atoms with E-state index in [0.717, 1.165) is 0 Å². The molecule has 1 aromatic rings. The van der Waals surface area contributed by atoms with Gasteiger partial charge in [0.15, 0.2) is 0 Å². The molecule has 0 aliphatic heterocycles. The molecule has 0 aromatic carbocycles. The number of hydrogen-bond acceptors (Lipinski definition) is 4. The van der Waals surface area contributed by atoms with Crippen molar-refractivity contribution in [3.05, 3.63) is 15.8 Å². The van der Waals surface area contributed by atoms with E-state index in [1.807, 2.05) is 5.32 Å². The van der Waals surface area contributed by atoms with Gasteiger partial charge in [-0.2, -0.15) is 18.3 Å². The van der Waals surface area contributed by atoms with Gasteiger partial charge >= 0.3 is 11.9 Å². The van der Waals surface area contributed by atoms with Gasteiger partial charge < -0.3 is 5.32 Å². The van der Waals surface area contributed by atoms with E-state index in [1.165, 1.54) is 11.6 Å². The number of halogens is 3. The minimum atomic E-state index is -4.45. The molecule has 0 radical (unpaired) electrons. The summed E-state index contributed by atoms with van der Waals surface area (Å²) in [6, 6.07) is -0.284. The first-order chi connectivity index (χ1) is 8.13. The lowest BCUT2D eigenvalue weighted by Gasteiger charge is -2.13. The lowest BCUT2D eigenvalue weighted by Crippen LogP contribution is -2.23. The first kappa shape index (κ1) is 14.3. The maximum Gasteiger partial charge on any atom is 0.405 e. The highest BCUT2D eigenvalue weighted by Gasteiger charge is 2.32. The van der Waals surface area contributed by atoms with Crippen LogP contribution in [-0.4, -0.2) is 27.4 Å². The molecular formula is C9H13F3N4O2. The second kappa shape index (κ2) is 4.83. The summed E-state index contributed by atoms with van der Waals surface area (Å²) in [5.41, 5.74) is -0.341. The Morgan fingerprint density at radius 3 is 2.44 bits per heavy atom. The lowest BCUT2D eigenvalue weighted by molar-refractivity contribution is -0.384. The quantitative estimate of drug-likeness (QED) is 0.671. The van der Waals surface area contributed by atoms with Crippen LogP contribution in [0.4, 0.5) is 24.7 Å². The van der Waals surface area contributed by atoms with Gasteiger partial charge in [-0.15, -0.1) is 0 Å². The zero-order valence-corrected chi connectivity index (χ0v) is 10.1. The third-order valence-electron chi connectivity index (χ3n) is 2.18. The number of nitrogens with one attached hydrogen (secondary N) is 1. The molecular weight excluding hydrogens is 253 g/mol. The minimum Gasteiger partial charge on any atom is -0.356 e. The van der Waals surface area contributed by atoms with Gasteiger partial charge in [0.2, 0.25) is 5.82 Å². The number of hydrogen-bond donors (Lipinski definition) is 1. The van der Waals surface area contributed by atoms with Crippen LogP contribution in [0.25, 0.3) is 0 Å². The van der Waals surface area contributed by atoms with Gasteiger partial charge in [-0.25, -0.2) is 4.68 Å². The van der Waals surface area contributed by atoms with Crippen LogP contribution in [0.3, 0.4) is 0 Å². The van der Waals surface area contributed by atoms with Gasteiger partial charge in [-0.3, -0.25) is 10.1 Å². The zero-order valence-electron chi connectivity index (χ0n) is 10.1. The molecule has 0 saturated heterocycles. The largest absolute Gasteiger partial charge is 0.405 e. The summed E-state index contributed by atoms with van der Waals surface area (Å²) in [7, 11) is 0. The predicted molar refractivity (Wildman–Crippen MR) is 58.5 cm³/mol. The van der Waals surface area contributed by atoms with E-state index in [2.05, 4.69) is 5.10 Å². The van der Waals surface area contributed by atoms with Crippen LogP contribution >= 0.6 is 0 Å². The first-order valence-corrected chi connectivity index (χ1v) is 5.17. The fourth-order valence-electron chi connectivity index (χ4n) is 1.48. The maximum absolute atomic E-state index is 12.2. The Morgan fingerprint density at radius 1 is 1.50 bits per heavy atom. The highest BCUT2D eigenvalue weighted by molar-refractivity contribution is 5.59. The van der Waals surface area contributed by atoms with Crippen LogP contribution < -0.4 is 5.32 Å². The molecule has 0 bridgehead atoms. The van der Waals surface area contributed by atoms with Gasteiger partial charge in [0.05, 0.1) is 4.92 Å². The summed E-state index contributed by atoms with van der Waals surface area (Å²) in [5, 5.41) is 16.8. The van der Waals surface area contributed by atoms with E-state index in [-0.39, 0.29) is 17.6 Å². The van der Waals surface area contributed by atoms with Crippen molar-refractivity contribution in [1.82, 2.24) is 9.78 Å². The summed E-state index contributed by atoms with van der Waals surface area (Å²) in [6.07, 6.45) is -4.45. The maximum atomic E-state index is 12.2. The van der Waals surface area contributed by atoms with E-state index < -0.39 is 23.3 Å². The van der Waals surface area contributed by atoms with Crippen molar-refractivity contribution in [3.8, 4) is 0 Å². The number of nitrogens with zero attached hydrogens (tertiary/aromatic N) is 3. The number of aryl methyl sites for hydroxylation is 1. The van der Waals surface area contributed by atoms with Crippen molar-refractivity contribution >= 4 is 11.5 Å². The Morgan fingerprint density at radius 2 is 2.06 bits per heavy atom. The highest BCUT2D eigenvalue weighted by Crippen LogP contribution is 2.31. The van der Waals surface area contributed by atoms with E-state index in [9.17, 15) is 23.3 Å². The summed E-state index contributed by atoms with van der Waals surface area (Å²) in [5.74, 6) is -0.218. The molecule has 1 rings (SSSR count). The van der Waals surface area contributed by atoms with E-state index >= 15 is 0 Å². The van der Waals surface area contributed by atoms with Crippen LogP contribution in [-0.2, 0) is 0 Å². The van der Waals surface area contributed by atoms with Crippen LogP contribution in [0.15, 0.2) is 0 Å². The van der Waals surface area contributed by atoms with E-state index in [0.29, 0.717) is 0 Å². The van der Waals surface area contributed by atoms with Gasteiger partial charge in [0.25, 0.3) is 0 Å². The zero-order chi connectivity index (χ0) is 14.1. The first-order valence-electron chi connectivity index (χ1n) is 5.17. The summed E-state index contributed by atoms with van der Waals surface area (Å²) in [6.45, 7) is 3.39. The Labute approximate surface area is 101 Å². The molecule has 1 heterocycles. The molecule has 0 unspecified atom stereocenters. The topological polar surface area (TPSA) is 73.0 Å². The SMILES string of the molecule is Cc1nn(C(C)C)c(NCC(F)(F)F)c1[N+](=O)[O-]. The molecule has 102 valence electrons. The molecule has 0 aliphatic rings. The summed E-state index contributed by atoms with van der Waals surface area (Å²) in [4.78, 5) is 10.1. The van der Waals surface area contributed by atoms with Gasteiger partial charge in [0.1, 0.15) is 12.2 Å². The van der Waals surface area contributed by atoms with Crippen molar-refractivity contribution < 1.29 is 18.1 Å². The van der Waals surface area contributed by atoms with E-state index in [1.54, 1.807) is 13.8 Å². The average molecular weight is 266 g/mol. The molecule has 0 amide bonds. The van der Waals surface area contributed by atoms with Crippen molar-refractivity contribution in [1.29, 1.82) is 0 Å². The lowest BCUT2D eigenvalue weighted by atomic mass is 10.3. The number of nitro groups is 1. The summed E-state index contributed by atoms with van der Waals surface area (Å²) >= 11 is 0. The smallest absolute Gasteiger partial charge is 0.356 e. The molecule has 0 saturated carbocycles. The second-order valence-corrected chi connectivity index (χ2v) is 4.05. The van der Waals surface area contributed by atoms with Crippen molar-refractivity contribution in [2.75, 3.05) is 11.9 Å². The second-order valence-electron chi connectivity index (χ2n) is 4.05. The number of aromatic nitrogens is 2. The van der Waals surface area contributed by atoms with Crippen LogP contribution in [0.2, 0.25) is 0 Å². The number of anilines is 1.